The molecule has 1 N–H and O–H groups in total. The molecule has 1 aliphatic heterocycles. The van der Waals surface area contributed by atoms with Crippen molar-refractivity contribution in [1.29, 1.82) is 0 Å². The van der Waals surface area contributed by atoms with Crippen LogP contribution in [0.1, 0.15) is 63.9 Å². The van der Waals surface area contributed by atoms with E-state index in [-0.39, 0.29) is 23.3 Å². The van der Waals surface area contributed by atoms with E-state index in [9.17, 15) is 9.59 Å². The molecule has 0 spiro atoms. The molecule has 1 aromatic carbocycles. The average molecular weight is 342 g/mol. The third kappa shape index (κ3) is 3.88. The van der Waals surface area contributed by atoms with E-state index in [0.717, 1.165) is 38.6 Å². The normalized spacial score (nSPS) is 22.1. The van der Waals surface area contributed by atoms with Crippen LogP contribution in [-0.2, 0) is 15.0 Å². The first-order valence-electron chi connectivity index (χ1n) is 9.79. The van der Waals surface area contributed by atoms with Gasteiger partial charge in [-0.3, -0.25) is 9.59 Å². The van der Waals surface area contributed by atoms with Crippen LogP contribution in [0.4, 0.5) is 0 Å². The Labute approximate surface area is 151 Å². The number of nitrogens with zero attached hydrogens (tertiary/aromatic N) is 1. The van der Waals surface area contributed by atoms with Crippen molar-refractivity contribution in [3.05, 3.63) is 35.9 Å². The number of hydrogen-bond donors (Lipinski definition) is 1. The van der Waals surface area contributed by atoms with Crippen LogP contribution in [-0.4, -0.2) is 35.8 Å². The van der Waals surface area contributed by atoms with Gasteiger partial charge in [-0.1, -0.05) is 50.1 Å². The van der Waals surface area contributed by atoms with E-state index in [1.807, 2.05) is 13.0 Å². The number of nitrogens with one attached hydrogen (secondary N) is 1. The summed E-state index contributed by atoms with van der Waals surface area (Å²) in [7, 11) is 0. The highest BCUT2D eigenvalue weighted by molar-refractivity contribution is 5.88. The Hall–Kier alpha value is -1.84. The van der Waals surface area contributed by atoms with Gasteiger partial charge in [0.05, 0.1) is 0 Å². The van der Waals surface area contributed by atoms with E-state index >= 15 is 0 Å². The molecule has 0 aromatic heterocycles. The lowest BCUT2D eigenvalue weighted by atomic mass is 9.79. The molecule has 1 unspecified atom stereocenters. The third-order valence-corrected chi connectivity index (χ3v) is 5.89. The maximum atomic E-state index is 12.8. The Bertz CT molecular complexity index is 593. The van der Waals surface area contributed by atoms with Gasteiger partial charge in [-0.2, -0.15) is 0 Å². The molecule has 1 atom stereocenters. The van der Waals surface area contributed by atoms with Crippen molar-refractivity contribution in [2.45, 2.75) is 69.7 Å². The summed E-state index contributed by atoms with van der Waals surface area (Å²) in [4.78, 5) is 26.8. The van der Waals surface area contributed by atoms with Gasteiger partial charge in [0.2, 0.25) is 11.8 Å². The third-order valence-electron chi connectivity index (χ3n) is 5.89. The highest BCUT2D eigenvalue weighted by Crippen LogP contribution is 2.40. The van der Waals surface area contributed by atoms with Crippen LogP contribution in [0.15, 0.2) is 30.3 Å². The number of amides is 2. The van der Waals surface area contributed by atoms with Crippen LogP contribution in [0.5, 0.6) is 0 Å². The molecule has 25 heavy (non-hydrogen) atoms. The summed E-state index contributed by atoms with van der Waals surface area (Å²) in [6.07, 6.45) is 7.78. The van der Waals surface area contributed by atoms with Crippen LogP contribution in [0.25, 0.3) is 0 Å². The SMILES string of the molecule is CCCC(=O)N1CCCC1C(=O)NCC1(c2ccccc2)CCCC1. The van der Waals surface area contributed by atoms with E-state index in [2.05, 4.69) is 29.6 Å². The highest BCUT2D eigenvalue weighted by Gasteiger charge is 2.38. The molecule has 1 saturated heterocycles. The molecule has 4 heteroatoms. The summed E-state index contributed by atoms with van der Waals surface area (Å²) in [5.41, 5.74) is 1.39. The monoisotopic (exact) mass is 342 g/mol. The van der Waals surface area contributed by atoms with Crippen LogP contribution in [0.3, 0.4) is 0 Å². The molecular formula is C21H30N2O2. The van der Waals surface area contributed by atoms with Crippen molar-refractivity contribution in [2.24, 2.45) is 0 Å². The lowest BCUT2D eigenvalue weighted by molar-refractivity contribution is -0.138. The van der Waals surface area contributed by atoms with Gasteiger partial charge in [-0.25, -0.2) is 0 Å². The predicted molar refractivity (Wildman–Crippen MR) is 99.2 cm³/mol. The minimum atomic E-state index is -0.270. The zero-order valence-corrected chi connectivity index (χ0v) is 15.3. The summed E-state index contributed by atoms with van der Waals surface area (Å²) in [5, 5.41) is 3.20. The number of likely N-dealkylation sites (tertiary alicyclic amines) is 1. The van der Waals surface area contributed by atoms with Gasteiger partial charge in [-0.15, -0.1) is 0 Å². The van der Waals surface area contributed by atoms with Gasteiger partial charge in [-0.05, 0) is 37.7 Å². The van der Waals surface area contributed by atoms with Crippen molar-refractivity contribution in [3.8, 4) is 0 Å². The van der Waals surface area contributed by atoms with E-state index in [1.54, 1.807) is 4.90 Å². The maximum absolute atomic E-state index is 12.8. The standard InChI is InChI=1S/C21H30N2O2/c1-2-9-19(24)23-15-8-12-18(23)20(25)22-16-21(13-6-7-14-21)17-10-4-3-5-11-17/h3-5,10-11,18H,2,6-9,12-16H2,1H3,(H,22,25). The first-order valence-corrected chi connectivity index (χ1v) is 9.79. The highest BCUT2D eigenvalue weighted by atomic mass is 16.2. The van der Waals surface area contributed by atoms with E-state index < -0.39 is 0 Å². The molecule has 1 aliphatic carbocycles. The fraction of sp³-hybridized carbons (Fsp3) is 0.619. The van der Waals surface area contributed by atoms with Gasteiger partial charge in [0, 0.05) is 24.9 Å². The smallest absolute Gasteiger partial charge is 0.242 e. The topological polar surface area (TPSA) is 49.4 Å². The summed E-state index contributed by atoms with van der Waals surface area (Å²) >= 11 is 0. The van der Waals surface area contributed by atoms with Gasteiger partial charge in [0.1, 0.15) is 6.04 Å². The first kappa shape index (κ1) is 18.0. The number of carbonyl (C=O) groups is 2. The maximum Gasteiger partial charge on any atom is 0.242 e. The lowest BCUT2D eigenvalue weighted by Crippen LogP contribution is -2.49. The quantitative estimate of drug-likeness (QED) is 0.861. The number of benzene rings is 1. The zero-order chi connectivity index (χ0) is 17.7. The summed E-state index contributed by atoms with van der Waals surface area (Å²) in [6, 6.07) is 10.3. The Morgan fingerprint density at radius 2 is 1.88 bits per heavy atom. The lowest BCUT2D eigenvalue weighted by Gasteiger charge is -2.31. The van der Waals surface area contributed by atoms with E-state index in [4.69, 9.17) is 0 Å². The van der Waals surface area contributed by atoms with Crippen molar-refractivity contribution >= 4 is 11.8 Å². The Morgan fingerprint density at radius 3 is 2.56 bits per heavy atom. The van der Waals surface area contributed by atoms with Gasteiger partial charge in [0.15, 0.2) is 0 Å². The Balaban J connectivity index is 1.65. The minimum Gasteiger partial charge on any atom is -0.353 e. The molecule has 0 radical (unpaired) electrons. The van der Waals surface area contributed by atoms with Gasteiger partial charge >= 0.3 is 0 Å². The summed E-state index contributed by atoms with van der Waals surface area (Å²) in [5.74, 6) is 0.156. The second kappa shape index (κ2) is 8.03. The average Bonchev–Trinajstić information content (AvgIpc) is 3.31. The molecule has 3 rings (SSSR count). The van der Waals surface area contributed by atoms with E-state index in [0.29, 0.717) is 13.0 Å². The second-order valence-corrected chi connectivity index (χ2v) is 7.57. The second-order valence-electron chi connectivity index (χ2n) is 7.57. The fourth-order valence-electron chi connectivity index (χ4n) is 4.48. The number of hydrogen-bond acceptors (Lipinski definition) is 2. The number of rotatable bonds is 6. The minimum absolute atomic E-state index is 0.0316. The summed E-state index contributed by atoms with van der Waals surface area (Å²) in [6.45, 7) is 3.41. The van der Waals surface area contributed by atoms with Crippen LogP contribution >= 0.6 is 0 Å². The molecule has 0 bridgehead atoms. The van der Waals surface area contributed by atoms with Crippen LogP contribution < -0.4 is 5.32 Å². The Morgan fingerprint density at radius 1 is 1.16 bits per heavy atom. The van der Waals surface area contributed by atoms with E-state index in [1.165, 1.54) is 18.4 Å². The molecule has 4 nitrogen and oxygen atoms in total. The van der Waals surface area contributed by atoms with Crippen LogP contribution in [0, 0.1) is 0 Å². The zero-order valence-electron chi connectivity index (χ0n) is 15.3. The van der Waals surface area contributed by atoms with Gasteiger partial charge < -0.3 is 10.2 Å². The van der Waals surface area contributed by atoms with Gasteiger partial charge in [0.25, 0.3) is 0 Å². The van der Waals surface area contributed by atoms with Crippen molar-refractivity contribution in [2.75, 3.05) is 13.1 Å². The number of carbonyl (C=O) groups excluding carboxylic acids is 2. The first-order chi connectivity index (χ1) is 12.2. The predicted octanol–water partition coefficient (Wildman–Crippen LogP) is 3.41. The van der Waals surface area contributed by atoms with Crippen molar-refractivity contribution in [3.63, 3.8) is 0 Å². The molecule has 1 heterocycles. The van der Waals surface area contributed by atoms with Crippen molar-refractivity contribution < 1.29 is 9.59 Å². The Kier molecular flexibility index (Phi) is 5.77. The molecular weight excluding hydrogens is 312 g/mol. The largest absolute Gasteiger partial charge is 0.353 e. The van der Waals surface area contributed by atoms with Crippen LogP contribution in [0.2, 0.25) is 0 Å². The molecule has 1 saturated carbocycles. The summed E-state index contributed by atoms with van der Waals surface area (Å²) < 4.78 is 0. The fourth-order valence-corrected chi connectivity index (χ4v) is 4.48. The molecule has 136 valence electrons. The molecule has 2 fully saturated rings. The molecule has 2 aliphatic rings. The van der Waals surface area contributed by atoms with Crippen molar-refractivity contribution in [1.82, 2.24) is 10.2 Å². The molecule has 1 aromatic rings. The molecule has 2 amide bonds.